The molecule has 0 saturated carbocycles. The molecule has 1 atom stereocenters. The first kappa shape index (κ1) is 15.3. The molecule has 1 amide bonds. The standard InChI is InChI=1S/C13H18ClNO2S/c1-17-8-7-11(9-14)15-13(16)10-18-12-5-3-2-4-6-12/h2-6,11H,7-10H2,1H3,(H,15,16). The quantitative estimate of drug-likeness (QED) is 0.590. The highest BCUT2D eigenvalue weighted by molar-refractivity contribution is 8.00. The summed E-state index contributed by atoms with van der Waals surface area (Å²) in [6.07, 6.45) is 0.738. The topological polar surface area (TPSA) is 38.3 Å². The van der Waals surface area contributed by atoms with Crippen molar-refractivity contribution in [2.75, 3.05) is 25.3 Å². The first-order valence-corrected chi connectivity index (χ1v) is 7.30. The van der Waals surface area contributed by atoms with Crippen LogP contribution >= 0.6 is 23.4 Å². The Kier molecular flexibility index (Phi) is 7.89. The van der Waals surface area contributed by atoms with Crippen LogP contribution in [0.1, 0.15) is 6.42 Å². The third-order valence-corrected chi connectivity index (χ3v) is 3.72. The van der Waals surface area contributed by atoms with E-state index < -0.39 is 0 Å². The number of thioether (sulfide) groups is 1. The minimum absolute atomic E-state index is 0.00519. The average molecular weight is 288 g/mol. The zero-order chi connectivity index (χ0) is 13.2. The van der Waals surface area contributed by atoms with Crippen LogP contribution in [0.25, 0.3) is 0 Å². The molecule has 1 aromatic carbocycles. The summed E-state index contributed by atoms with van der Waals surface area (Å²) < 4.78 is 4.97. The zero-order valence-electron chi connectivity index (χ0n) is 10.4. The van der Waals surface area contributed by atoms with E-state index in [0.717, 1.165) is 11.3 Å². The summed E-state index contributed by atoms with van der Waals surface area (Å²) in [5.74, 6) is 0.820. The van der Waals surface area contributed by atoms with Crippen molar-refractivity contribution in [2.24, 2.45) is 0 Å². The van der Waals surface area contributed by atoms with Gasteiger partial charge in [-0.15, -0.1) is 23.4 Å². The third-order valence-electron chi connectivity index (χ3n) is 2.33. The van der Waals surface area contributed by atoms with Crippen LogP contribution < -0.4 is 5.32 Å². The normalized spacial score (nSPS) is 12.1. The molecule has 0 aliphatic heterocycles. The van der Waals surface area contributed by atoms with Crippen molar-refractivity contribution in [3.8, 4) is 0 Å². The minimum atomic E-state index is -0.0181. The van der Waals surface area contributed by atoms with Gasteiger partial charge in [-0.2, -0.15) is 0 Å². The molecule has 0 radical (unpaired) electrons. The molecule has 0 aliphatic rings. The van der Waals surface area contributed by atoms with E-state index in [9.17, 15) is 4.79 Å². The molecule has 1 rings (SSSR count). The van der Waals surface area contributed by atoms with Crippen LogP contribution in [0.15, 0.2) is 35.2 Å². The van der Waals surface area contributed by atoms with E-state index in [4.69, 9.17) is 16.3 Å². The second-order valence-corrected chi connectivity index (χ2v) is 5.16. The fourth-order valence-electron chi connectivity index (χ4n) is 1.38. The van der Waals surface area contributed by atoms with E-state index in [2.05, 4.69) is 5.32 Å². The highest BCUT2D eigenvalue weighted by atomic mass is 35.5. The van der Waals surface area contributed by atoms with Crippen LogP contribution in [0.5, 0.6) is 0 Å². The van der Waals surface area contributed by atoms with Crippen LogP contribution in [0.2, 0.25) is 0 Å². The molecule has 100 valence electrons. The predicted molar refractivity (Wildman–Crippen MR) is 76.3 cm³/mol. The van der Waals surface area contributed by atoms with Crippen molar-refractivity contribution < 1.29 is 9.53 Å². The molecular formula is C13H18ClNO2S. The maximum absolute atomic E-state index is 11.7. The Hall–Kier alpha value is -0.710. The Morgan fingerprint density at radius 3 is 2.78 bits per heavy atom. The largest absolute Gasteiger partial charge is 0.385 e. The summed E-state index contributed by atoms with van der Waals surface area (Å²) in [7, 11) is 1.64. The molecule has 0 bridgehead atoms. The summed E-state index contributed by atoms with van der Waals surface area (Å²) in [6.45, 7) is 0.601. The van der Waals surface area contributed by atoms with Crippen LogP contribution in [-0.2, 0) is 9.53 Å². The Balaban J connectivity index is 2.28. The first-order valence-electron chi connectivity index (χ1n) is 5.78. The smallest absolute Gasteiger partial charge is 0.230 e. The average Bonchev–Trinajstić information content (AvgIpc) is 2.42. The van der Waals surface area contributed by atoms with E-state index in [1.165, 1.54) is 11.8 Å². The van der Waals surface area contributed by atoms with Crippen molar-refractivity contribution in [2.45, 2.75) is 17.4 Å². The van der Waals surface area contributed by atoms with Crippen molar-refractivity contribution in [1.82, 2.24) is 5.32 Å². The monoisotopic (exact) mass is 287 g/mol. The van der Waals surface area contributed by atoms with Gasteiger partial charge in [-0.05, 0) is 18.6 Å². The van der Waals surface area contributed by atoms with Gasteiger partial charge in [0, 0.05) is 30.5 Å². The van der Waals surface area contributed by atoms with Gasteiger partial charge in [0.05, 0.1) is 5.75 Å². The van der Waals surface area contributed by atoms with Crippen LogP contribution in [-0.4, -0.2) is 37.3 Å². The van der Waals surface area contributed by atoms with E-state index in [1.807, 2.05) is 30.3 Å². The minimum Gasteiger partial charge on any atom is -0.385 e. The second kappa shape index (κ2) is 9.25. The summed E-state index contributed by atoms with van der Waals surface area (Å²) in [5, 5.41) is 2.90. The van der Waals surface area contributed by atoms with E-state index in [0.29, 0.717) is 18.2 Å². The van der Waals surface area contributed by atoms with Crippen molar-refractivity contribution >= 4 is 29.3 Å². The molecule has 3 nitrogen and oxygen atoms in total. The number of alkyl halides is 1. The van der Waals surface area contributed by atoms with Gasteiger partial charge in [0.15, 0.2) is 0 Å². The molecule has 18 heavy (non-hydrogen) atoms. The zero-order valence-corrected chi connectivity index (χ0v) is 12.0. The lowest BCUT2D eigenvalue weighted by atomic mass is 10.2. The lowest BCUT2D eigenvalue weighted by Crippen LogP contribution is -2.38. The Morgan fingerprint density at radius 1 is 1.44 bits per heavy atom. The third kappa shape index (κ3) is 6.28. The first-order chi connectivity index (χ1) is 8.76. The molecule has 1 N–H and O–H groups in total. The van der Waals surface area contributed by atoms with Gasteiger partial charge in [-0.25, -0.2) is 0 Å². The van der Waals surface area contributed by atoms with Gasteiger partial charge < -0.3 is 10.1 Å². The fourth-order valence-corrected chi connectivity index (χ4v) is 2.35. The number of halogens is 1. The van der Waals surface area contributed by atoms with E-state index >= 15 is 0 Å². The number of carbonyl (C=O) groups excluding carboxylic acids is 1. The number of benzene rings is 1. The second-order valence-electron chi connectivity index (χ2n) is 3.80. The number of ether oxygens (including phenoxy) is 1. The number of methoxy groups -OCH3 is 1. The number of hydrogen-bond acceptors (Lipinski definition) is 3. The van der Waals surface area contributed by atoms with Gasteiger partial charge in [0.2, 0.25) is 5.91 Å². The highest BCUT2D eigenvalue weighted by Crippen LogP contribution is 2.16. The lowest BCUT2D eigenvalue weighted by Gasteiger charge is -2.15. The van der Waals surface area contributed by atoms with Crippen molar-refractivity contribution in [3.05, 3.63) is 30.3 Å². The van der Waals surface area contributed by atoms with Crippen LogP contribution in [0, 0.1) is 0 Å². The molecule has 0 fully saturated rings. The number of carbonyl (C=O) groups is 1. The molecule has 0 heterocycles. The van der Waals surface area contributed by atoms with Gasteiger partial charge >= 0.3 is 0 Å². The van der Waals surface area contributed by atoms with Gasteiger partial charge in [-0.1, -0.05) is 18.2 Å². The molecule has 0 aliphatic carbocycles. The predicted octanol–water partition coefficient (Wildman–Crippen LogP) is 2.54. The number of rotatable bonds is 8. The highest BCUT2D eigenvalue weighted by Gasteiger charge is 2.11. The van der Waals surface area contributed by atoms with E-state index in [-0.39, 0.29) is 11.9 Å². The summed E-state index contributed by atoms with van der Waals surface area (Å²) in [5.41, 5.74) is 0. The number of nitrogens with one attached hydrogen (secondary N) is 1. The molecule has 0 saturated heterocycles. The van der Waals surface area contributed by atoms with E-state index in [1.54, 1.807) is 7.11 Å². The molecule has 5 heteroatoms. The Labute approximate surface area is 117 Å². The molecule has 1 aromatic rings. The summed E-state index contributed by atoms with van der Waals surface area (Å²) in [6, 6.07) is 9.83. The fraction of sp³-hybridized carbons (Fsp3) is 0.462. The van der Waals surface area contributed by atoms with Crippen LogP contribution in [0.4, 0.5) is 0 Å². The maximum atomic E-state index is 11.7. The number of hydrogen-bond donors (Lipinski definition) is 1. The maximum Gasteiger partial charge on any atom is 0.230 e. The molecule has 0 aromatic heterocycles. The summed E-state index contributed by atoms with van der Waals surface area (Å²) >= 11 is 7.31. The van der Waals surface area contributed by atoms with Crippen molar-refractivity contribution in [3.63, 3.8) is 0 Å². The molecule has 1 unspecified atom stereocenters. The van der Waals surface area contributed by atoms with Gasteiger partial charge in [0.25, 0.3) is 0 Å². The molecular weight excluding hydrogens is 270 g/mol. The molecule has 0 spiro atoms. The number of amides is 1. The SMILES string of the molecule is COCCC(CCl)NC(=O)CSc1ccccc1. The van der Waals surface area contributed by atoms with Gasteiger partial charge in [-0.3, -0.25) is 4.79 Å². The van der Waals surface area contributed by atoms with Gasteiger partial charge in [0.1, 0.15) is 0 Å². The Bertz CT molecular complexity index is 348. The Morgan fingerprint density at radius 2 is 2.17 bits per heavy atom. The lowest BCUT2D eigenvalue weighted by molar-refractivity contribution is -0.119. The summed E-state index contributed by atoms with van der Waals surface area (Å²) in [4.78, 5) is 12.8. The van der Waals surface area contributed by atoms with Crippen LogP contribution in [0.3, 0.4) is 0 Å². The van der Waals surface area contributed by atoms with Crippen molar-refractivity contribution in [1.29, 1.82) is 0 Å².